The number of nitrogens with one attached hydrogen (secondary N) is 1. The number of hydrogen-bond acceptors (Lipinski definition) is 3. The molecule has 2 bridgehead atoms. The second-order valence-electron chi connectivity index (χ2n) is 5.06. The lowest BCUT2D eigenvalue weighted by atomic mass is 9.88. The number of rotatable bonds is 2. The number of carbonyl (C=O) groups excluding carboxylic acids is 1. The molecule has 2 fully saturated rings. The highest BCUT2D eigenvalue weighted by Gasteiger charge is 2.43. The topological polar surface area (TPSA) is 42.0 Å². The summed E-state index contributed by atoms with van der Waals surface area (Å²) >= 11 is 1.51. The maximum Gasteiger partial charge on any atom is 0.229 e. The van der Waals surface area contributed by atoms with Gasteiger partial charge >= 0.3 is 0 Å². The third-order valence-electron chi connectivity index (χ3n) is 3.92. The van der Waals surface area contributed by atoms with E-state index in [-0.39, 0.29) is 11.8 Å². The summed E-state index contributed by atoms with van der Waals surface area (Å²) < 4.78 is 0. The Bertz CT molecular complexity index is 415. The standard InChI is InChI=1S/C12H16N2OS/c1-7-6-16-12(13-7)14-11(15)10-5-8-2-3-9(10)4-8/h6,8-10H,2-5H2,1H3,(H,13,14,15)/t8-,9+,10-/m0/s1. The molecule has 2 aliphatic carbocycles. The zero-order valence-corrected chi connectivity index (χ0v) is 10.2. The first-order chi connectivity index (χ1) is 7.72. The fourth-order valence-corrected chi connectivity index (χ4v) is 3.87. The molecule has 0 aromatic carbocycles. The summed E-state index contributed by atoms with van der Waals surface area (Å²) in [4.78, 5) is 16.3. The minimum atomic E-state index is 0.196. The number of amides is 1. The zero-order chi connectivity index (χ0) is 11.1. The maximum absolute atomic E-state index is 12.1. The normalized spacial score (nSPS) is 31.9. The smallest absolute Gasteiger partial charge is 0.229 e. The van der Waals surface area contributed by atoms with E-state index in [2.05, 4.69) is 10.3 Å². The van der Waals surface area contributed by atoms with E-state index in [9.17, 15) is 4.79 Å². The van der Waals surface area contributed by atoms with Gasteiger partial charge in [0.1, 0.15) is 0 Å². The third kappa shape index (κ3) is 1.75. The number of anilines is 1. The molecule has 1 aromatic heterocycles. The Kier molecular flexibility index (Phi) is 2.46. The number of fused-ring (bicyclic) bond motifs is 2. The van der Waals surface area contributed by atoms with Crippen molar-refractivity contribution in [1.82, 2.24) is 4.98 Å². The van der Waals surface area contributed by atoms with Crippen LogP contribution in [-0.4, -0.2) is 10.9 Å². The van der Waals surface area contributed by atoms with Gasteiger partial charge in [-0.15, -0.1) is 11.3 Å². The lowest BCUT2D eigenvalue weighted by Crippen LogP contribution is -2.27. The molecule has 0 unspecified atom stereocenters. The molecular weight excluding hydrogens is 220 g/mol. The van der Waals surface area contributed by atoms with Gasteiger partial charge in [0.05, 0.1) is 5.69 Å². The van der Waals surface area contributed by atoms with Gasteiger partial charge < -0.3 is 5.32 Å². The molecule has 3 nitrogen and oxygen atoms in total. The first-order valence-electron chi connectivity index (χ1n) is 5.95. The van der Waals surface area contributed by atoms with Crippen LogP contribution in [0.5, 0.6) is 0 Å². The van der Waals surface area contributed by atoms with Crippen LogP contribution in [0.25, 0.3) is 0 Å². The number of nitrogens with zero attached hydrogens (tertiary/aromatic N) is 1. The van der Waals surface area contributed by atoms with Crippen molar-refractivity contribution in [2.75, 3.05) is 5.32 Å². The maximum atomic E-state index is 12.1. The van der Waals surface area contributed by atoms with Gasteiger partial charge in [-0.05, 0) is 38.0 Å². The Morgan fingerprint density at radius 3 is 2.94 bits per heavy atom. The molecule has 0 radical (unpaired) electrons. The summed E-state index contributed by atoms with van der Waals surface area (Å²) in [5.74, 6) is 1.91. The van der Waals surface area contributed by atoms with Crippen molar-refractivity contribution in [3.8, 4) is 0 Å². The van der Waals surface area contributed by atoms with E-state index < -0.39 is 0 Å². The monoisotopic (exact) mass is 236 g/mol. The third-order valence-corrected chi connectivity index (χ3v) is 4.80. The Morgan fingerprint density at radius 2 is 2.38 bits per heavy atom. The highest BCUT2D eigenvalue weighted by molar-refractivity contribution is 7.13. The Morgan fingerprint density at radius 1 is 1.50 bits per heavy atom. The van der Waals surface area contributed by atoms with Crippen LogP contribution in [0.4, 0.5) is 5.13 Å². The van der Waals surface area contributed by atoms with Crippen LogP contribution >= 0.6 is 11.3 Å². The van der Waals surface area contributed by atoms with E-state index in [4.69, 9.17) is 0 Å². The van der Waals surface area contributed by atoms with Crippen molar-refractivity contribution < 1.29 is 4.79 Å². The second kappa shape index (κ2) is 3.84. The zero-order valence-electron chi connectivity index (χ0n) is 9.40. The first-order valence-corrected chi connectivity index (χ1v) is 6.83. The van der Waals surface area contributed by atoms with Gasteiger partial charge in [0.2, 0.25) is 5.91 Å². The number of aromatic nitrogens is 1. The van der Waals surface area contributed by atoms with Gasteiger partial charge in [0.15, 0.2) is 5.13 Å². The van der Waals surface area contributed by atoms with Crippen molar-refractivity contribution in [2.45, 2.75) is 32.6 Å². The molecule has 2 saturated carbocycles. The summed E-state index contributed by atoms with van der Waals surface area (Å²) in [6.45, 7) is 1.95. The highest BCUT2D eigenvalue weighted by atomic mass is 32.1. The number of thiazole rings is 1. The predicted octanol–water partition coefficient (Wildman–Crippen LogP) is 2.83. The van der Waals surface area contributed by atoms with Crippen molar-refractivity contribution in [3.05, 3.63) is 11.1 Å². The molecule has 1 amide bonds. The summed E-state index contributed by atoms with van der Waals surface area (Å²) in [6, 6.07) is 0. The van der Waals surface area contributed by atoms with Crippen LogP contribution in [0.15, 0.2) is 5.38 Å². The van der Waals surface area contributed by atoms with Crippen molar-refractivity contribution >= 4 is 22.4 Å². The van der Waals surface area contributed by atoms with E-state index in [1.165, 1.54) is 30.6 Å². The fraction of sp³-hybridized carbons (Fsp3) is 0.667. The van der Waals surface area contributed by atoms with E-state index in [0.717, 1.165) is 23.2 Å². The summed E-state index contributed by atoms with van der Waals surface area (Å²) in [7, 11) is 0. The van der Waals surface area contributed by atoms with Crippen LogP contribution in [-0.2, 0) is 4.79 Å². The van der Waals surface area contributed by atoms with Crippen molar-refractivity contribution in [3.63, 3.8) is 0 Å². The molecule has 3 atom stereocenters. The quantitative estimate of drug-likeness (QED) is 0.858. The SMILES string of the molecule is Cc1csc(NC(=O)[C@H]2C[C@H]3CC[C@@H]2C3)n1. The molecule has 1 aromatic rings. The van der Waals surface area contributed by atoms with Gasteiger partial charge in [-0.1, -0.05) is 6.42 Å². The highest BCUT2D eigenvalue weighted by Crippen LogP contribution is 2.48. The Balaban J connectivity index is 1.65. The molecule has 3 rings (SSSR count). The number of hydrogen-bond donors (Lipinski definition) is 1. The molecule has 2 aliphatic rings. The van der Waals surface area contributed by atoms with Gasteiger partial charge in [-0.3, -0.25) is 4.79 Å². The minimum absolute atomic E-state index is 0.196. The van der Waals surface area contributed by atoms with E-state index in [0.29, 0.717) is 5.92 Å². The number of aryl methyl sites for hydroxylation is 1. The number of carbonyl (C=O) groups is 1. The van der Waals surface area contributed by atoms with Crippen LogP contribution < -0.4 is 5.32 Å². The largest absolute Gasteiger partial charge is 0.302 e. The molecule has 1 heterocycles. The Hall–Kier alpha value is -0.900. The fourth-order valence-electron chi connectivity index (χ4n) is 3.18. The van der Waals surface area contributed by atoms with E-state index in [1.54, 1.807) is 0 Å². The summed E-state index contributed by atoms with van der Waals surface area (Å²) in [6.07, 6.45) is 4.96. The molecule has 4 heteroatoms. The van der Waals surface area contributed by atoms with Crippen molar-refractivity contribution in [1.29, 1.82) is 0 Å². The lowest BCUT2D eigenvalue weighted by molar-refractivity contribution is -0.121. The van der Waals surface area contributed by atoms with Gasteiger partial charge in [0, 0.05) is 11.3 Å². The molecule has 0 saturated heterocycles. The van der Waals surface area contributed by atoms with E-state index in [1.807, 2.05) is 12.3 Å². The predicted molar refractivity (Wildman–Crippen MR) is 64.4 cm³/mol. The average Bonchev–Trinajstić information content (AvgIpc) is 2.93. The first kappa shape index (κ1) is 10.3. The summed E-state index contributed by atoms with van der Waals surface area (Å²) in [5.41, 5.74) is 0.980. The molecule has 86 valence electrons. The minimum Gasteiger partial charge on any atom is -0.302 e. The summed E-state index contributed by atoms with van der Waals surface area (Å²) in [5, 5.41) is 5.68. The van der Waals surface area contributed by atoms with E-state index >= 15 is 0 Å². The Labute approximate surface area is 99.3 Å². The molecule has 1 N–H and O–H groups in total. The molecule has 0 aliphatic heterocycles. The van der Waals surface area contributed by atoms with Gasteiger partial charge in [0.25, 0.3) is 0 Å². The van der Waals surface area contributed by atoms with Crippen LogP contribution in [0, 0.1) is 24.7 Å². The molecule has 0 spiro atoms. The van der Waals surface area contributed by atoms with Crippen LogP contribution in [0.3, 0.4) is 0 Å². The van der Waals surface area contributed by atoms with Crippen molar-refractivity contribution in [2.24, 2.45) is 17.8 Å². The average molecular weight is 236 g/mol. The van der Waals surface area contributed by atoms with Crippen LogP contribution in [0.2, 0.25) is 0 Å². The molecule has 16 heavy (non-hydrogen) atoms. The van der Waals surface area contributed by atoms with Gasteiger partial charge in [-0.25, -0.2) is 4.98 Å². The second-order valence-corrected chi connectivity index (χ2v) is 5.92. The van der Waals surface area contributed by atoms with Gasteiger partial charge in [-0.2, -0.15) is 0 Å². The van der Waals surface area contributed by atoms with Crippen LogP contribution in [0.1, 0.15) is 31.4 Å². The lowest BCUT2D eigenvalue weighted by Gasteiger charge is -2.19. The molecular formula is C12H16N2OS.